The summed E-state index contributed by atoms with van der Waals surface area (Å²) in [4.78, 5) is 0.0208. The normalized spacial score (nSPS) is 11.6. The maximum Gasteiger partial charge on any atom is 0.265 e. The number of halogens is 2. The molecule has 0 fully saturated rings. The van der Waals surface area contributed by atoms with Crippen molar-refractivity contribution in [3.05, 3.63) is 70.3 Å². The van der Waals surface area contributed by atoms with Crippen molar-refractivity contribution >= 4 is 27.3 Å². The zero-order valence-corrected chi connectivity index (χ0v) is 16.0. The van der Waals surface area contributed by atoms with Crippen molar-refractivity contribution in [1.82, 2.24) is 9.78 Å². The summed E-state index contributed by atoms with van der Waals surface area (Å²) in [5, 5.41) is 4.52. The Bertz CT molecular complexity index is 1080. The molecule has 1 heterocycles. The predicted octanol–water partition coefficient (Wildman–Crippen LogP) is 4.39. The van der Waals surface area contributed by atoms with E-state index in [-0.39, 0.29) is 15.6 Å². The van der Waals surface area contributed by atoms with E-state index in [1.165, 1.54) is 12.1 Å². The highest BCUT2D eigenvalue weighted by atomic mass is 35.5. The van der Waals surface area contributed by atoms with Crippen LogP contribution in [0.5, 0.6) is 0 Å². The minimum atomic E-state index is -4.02. The molecule has 0 radical (unpaired) electrons. The monoisotopic (exact) mass is 393 g/mol. The lowest BCUT2D eigenvalue weighted by Crippen LogP contribution is -2.16. The highest BCUT2D eigenvalue weighted by Crippen LogP contribution is 2.27. The number of aromatic nitrogens is 2. The minimum Gasteiger partial charge on any atom is -0.277 e. The first-order valence-corrected chi connectivity index (χ1v) is 9.66. The van der Waals surface area contributed by atoms with Crippen molar-refractivity contribution in [1.29, 1.82) is 0 Å². The number of nitrogens with zero attached hydrogens (tertiary/aromatic N) is 2. The summed E-state index contributed by atoms with van der Waals surface area (Å²) in [6.07, 6.45) is 0. The number of nitrogens with one attached hydrogen (secondary N) is 1. The number of hydrogen-bond acceptors (Lipinski definition) is 3. The topological polar surface area (TPSA) is 64.0 Å². The van der Waals surface area contributed by atoms with Crippen LogP contribution in [0.2, 0.25) is 5.02 Å². The van der Waals surface area contributed by atoms with Gasteiger partial charge in [0.2, 0.25) is 0 Å². The zero-order chi connectivity index (χ0) is 19.1. The Kier molecular flexibility index (Phi) is 4.77. The zero-order valence-electron chi connectivity index (χ0n) is 14.4. The van der Waals surface area contributed by atoms with Crippen molar-refractivity contribution < 1.29 is 12.8 Å². The molecule has 0 atom stereocenters. The van der Waals surface area contributed by atoms with Gasteiger partial charge in [-0.2, -0.15) is 5.10 Å². The molecule has 0 aliphatic carbocycles. The number of anilines is 1. The van der Waals surface area contributed by atoms with Gasteiger partial charge < -0.3 is 0 Å². The van der Waals surface area contributed by atoms with Crippen molar-refractivity contribution in [3.63, 3.8) is 0 Å². The van der Waals surface area contributed by atoms with Gasteiger partial charge in [0.15, 0.2) is 0 Å². The van der Waals surface area contributed by atoms with Crippen LogP contribution in [0.4, 0.5) is 10.1 Å². The second-order valence-corrected chi connectivity index (χ2v) is 8.03. The molecule has 136 valence electrons. The Labute approximate surface area is 156 Å². The maximum atomic E-state index is 14.0. The van der Waals surface area contributed by atoms with E-state index in [0.29, 0.717) is 11.4 Å². The maximum absolute atomic E-state index is 14.0. The third-order valence-corrected chi connectivity index (χ3v) is 5.80. The van der Waals surface area contributed by atoms with E-state index < -0.39 is 15.8 Å². The van der Waals surface area contributed by atoms with Crippen LogP contribution in [-0.4, -0.2) is 18.2 Å². The highest BCUT2D eigenvalue weighted by Gasteiger charge is 2.26. The first-order chi connectivity index (χ1) is 12.2. The third-order valence-electron chi connectivity index (χ3n) is 3.95. The first kappa shape index (κ1) is 18.4. The summed E-state index contributed by atoms with van der Waals surface area (Å²) in [5.74, 6) is -0.748. The fraction of sp³-hybridized carbons (Fsp3) is 0.167. The standard InChI is InChI=1S/C18H17ClFN3O2S/c1-11-4-7-15(8-5-11)23-13(3)18(12(2)21-23)26(24,25)22-17-9-6-14(19)10-16(17)20/h4-10,22H,1-3H3. The summed E-state index contributed by atoms with van der Waals surface area (Å²) in [6.45, 7) is 5.22. The van der Waals surface area contributed by atoms with Gasteiger partial charge in [-0.25, -0.2) is 17.5 Å². The van der Waals surface area contributed by atoms with E-state index in [1.54, 1.807) is 18.5 Å². The van der Waals surface area contributed by atoms with Gasteiger partial charge in [0.25, 0.3) is 10.0 Å². The van der Waals surface area contributed by atoms with Gasteiger partial charge in [-0.1, -0.05) is 29.3 Å². The van der Waals surface area contributed by atoms with Gasteiger partial charge in [0, 0.05) is 5.02 Å². The van der Waals surface area contributed by atoms with Crippen molar-refractivity contribution in [2.45, 2.75) is 25.7 Å². The van der Waals surface area contributed by atoms with Crippen LogP contribution < -0.4 is 4.72 Å². The summed E-state index contributed by atoms with van der Waals surface area (Å²) in [5.41, 5.74) is 2.42. The molecule has 8 heteroatoms. The number of aryl methyl sites for hydroxylation is 2. The Morgan fingerprint density at radius 1 is 1.08 bits per heavy atom. The Balaban J connectivity index is 2.04. The minimum absolute atomic E-state index is 0.0208. The molecule has 1 aromatic heterocycles. The molecule has 3 aromatic rings. The van der Waals surface area contributed by atoms with E-state index >= 15 is 0 Å². The number of sulfonamides is 1. The average molecular weight is 394 g/mol. The molecule has 0 aliphatic heterocycles. The average Bonchev–Trinajstić information content (AvgIpc) is 2.86. The largest absolute Gasteiger partial charge is 0.277 e. The van der Waals surface area contributed by atoms with Crippen LogP contribution in [0.25, 0.3) is 5.69 Å². The second-order valence-electron chi connectivity index (χ2n) is 5.98. The van der Waals surface area contributed by atoms with Gasteiger partial charge in [0.1, 0.15) is 10.7 Å². The molecular weight excluding hydrogens is 377 g/mol. The van der Waals surface area contributed by atoms with Crippen molar-refractivity contribution in [3.8, 4) is 5.69 Å². The summed E-state index contributed by atoms with van der Waals surface area (Å²) in [7, 11) is -4.02. The van der Waals surface area contributed by atoms with Crippen LogP contribution in [0.3, 0.4) is 0 Å². The number of hydrogen-bond donors (Lipinski definition) is 1. The van der Waals surface area contributed by atoms with Crippen LogP contribution in [-0.2, 0) is 10.0 Å². The molecule has 0 unspecified atom stereocenters. The van der Waals surface area contributed by atoms with Gasteiger partial charge >= 0.3 is 0 Å². The van der Waals surface area contributed by atoms with Gasteiger partial charge in [-0.05, 0) is 51.1 Å². The lowest BCUT2D eigenvalue weighted by Gasteiger charge is -2.10. The fourth-order valence-electron chi connectivity index (χ4n) is 2.72. The van der Waals surface area contributed by atoms with Gasteiger partial charge in [-0.3, -0.25) is 4.72 Å². The van der Waals surface area contributed by atoms with Crippen LogP contribution in [0, 0.1) is 26.6 Å². The van der Waals surface area contributed by atoms with Crippen molar-refractivity contribution in [2.75, 3.05) is 4.72 Å². The fourth-order valence-corrected chi connectivity index (χ4v) is 4.34. The molecule has 1 N–H and O–H groups in total. The Morgan fingerprint density at radius 3 is 2.35 bits per heavy atom. The molecule has 0 aliphatic rings. The van der Waals surface area contributed by atoms with E-state index in [4.69, 9.17) is 11.6 Å². The first-order valence-electron chi connectivity index (χ1n) is 7.80. The Hall–Kier alpha value is -2.38. The van der Waals surface area contributed by atoms with Crippen LogP contribution >= 0.6 is 11.6 Å². The molecule has 26 heavy (non-hydrogen) atoms. The van der Waals surface area contributed by atoms with E-state index in [2.05, 4.69) is 9.82 Å². The highest BCUT2D eigenvalue weighted by molar-refractivity contribution is 7.92. The molecule has 0 saturated heterocycles. The quantitative estimate of drug-likeness (QED) is 0.714. The molecule has 0 spiro atoms. The smallest absolute Gasteiger partial charge is 0.265 e. The molecule has 0 saturated carbocycles. The van der Waals surface area contributed by atoms with E-state index in [1.807, 2.05) is 31.2 Å². The Morgan fingerprint density at radius 2 is 1.73 bits per heavy atom. The van der Waals surface area contributed by atoms with Crippen LogP contribution in [0.1, 0.15) is 17.0 Å². The van der Waals surface area contributed by atoms with Crippen molar-refractivity contribution in [2.24, 2.45) is 0 Å². The summed E-state index contributed by atoms with van der Waals surface area (Å²) >= 11 is 5.71. The van der Waals surface area contributed by atoms with E-state index in [0.717, 1.165) is 17.3 Å². The molecule has 0 amide bonds. The van der Waals surface area contributed by atoms with E-state index in [9.17, 15) is 12.8 Å². The van der Waals surface area contributed by atoms with Crippen LogP contribution in [0.15, 0.2) is 47.4 Å². The lowest BCUT2D eigenvalue weighted by atomic mass is 10.2. The summed E-state index contributed by atoms with van der Waals surface area (Å²) < 4.78 is 43.4. The second kappa shape index (κ2) is 6.74. The molecule has 2 aromatic carbocycles. The summed E-state index contributed by atoms with van der Waals surface area (Å²) in [6, 6.07) is 11.3. The van der Waals surface area contributed by atoms with Gasteiger partial charge in [0.05, 0.1) is 22.8 Å². The third kappa shape index (κ3) is 3.45. The van der Waals surface area contributed by atoms with Gasteiger partial charge in [-0.15, -0.1) is 0 Å². The lowest BCUT2D eigenvalue weighted by molar-refractivity contribution is 0.597. The molecule has 3 rings (SSSR count). The SMILES string of the molecule is Cc1ccc(-n2nc(C)c(S(=O)(=O)Nc3ccc(Cl)cc3F)c2C)cc1. The molecular formula is C18H17ClFN3O2S. The number of benzene rings is 2. The number of rotatable bonds is 4. The predicted molar refractivity (Wildman–Crippen MR) is 100.0 cm³/mol. The molecule has 5 nitrogen and oxygen atoms in total. The molecule has 0 bridgehead atoms.